The third-order valence-electron chi connectivity index (χ3n) is 7.95. The molecule has 0 amide bonds. The van der Waals surface area contributed by atoms with E-state index in [-0.39, 0.29) is 41.6 Å². The normalized spacial score (nSPS) is 12.9. The number of hydrogen-bond donors (Lipinski definition) is 3. The molecule has 6 heteroatoms. The maximum absolute atomic E-state index is 3.91. The van der Waals surface area contributed by atoms with Gasteiger partial charge in [-0.1, -0.05) is 107 Å². The standard InChI is InChI=1S/C36H61N3.2ClH.Co/c1-21(2)29-15-31(23(5)6)35(32(16-29)24(7)8)38-27(13)19-37-20-28(14)39-36-33(25(9)10)17-30(22(3)4)18-34(36)26(11)12;;;/h15-18,21-28,37-39H,19-20H2,1-14H3;2*1H;/q;;;+2/p-2. The maximum atomic E-state index is 3.91. The van der Waals surface area contributed by atoms with E-state index in [1.807, 2.05) is 0 Å². The first-order valence-corrected chi connectivity index (χ1v) is 15.7. The molecule has 0 heterocycles. The van der Waals surface area contributed by atoms with Crippen molar-refractivity contribution in [2.45, 2.75) is 145 Å². The summed E-state index contributed by atoms with van der Waals surface area (Å²) < 4.78 is 0. The minimum absolute atomic E-state index is 0. The molecule has 2 aromatic carbocycles. The zero-order valence-electron chi connectivity index (χ0n) is 28.9. The molecule has 0 fully saturated rings. The molecule has 3 nitrogen and oxygen atoms in total. The van der Waals surface area contributed by atoms with Crippen LogP contribution in [0.1, 0.15) is 166 Å². The van der Waals surface area contributed by atoms with Gasteiger partial charge in [-0.3, -0.25) is 0 Å². The Morgan fingerprint density at radius 3 is 0.857 bits per heavy atom. The van der Waals surface area contributed by atoms with Crippen LogP contribution >= 0.6 is 0 Å². The van der Waals surface area contributed by atoms with Crippen LogP contribution in [0.3, 0.4) is 0 Å². The molecule has 2 aromatic rings. The Kier molecular flexibility index (Phi) is 20.0. The van der Waals surface area contributed by atoms with Crippen LogP contribution < -0.4 is 40.8 Å². The predicted molar refractivity (Wildman–Crippen MR) is 176 cm³/mol. The van der Waals surface area contributed by atoms with Crippen LogP contribution in [-0.4, -0.2) is 25.2 Å². The van der Waals surface area contributed by atoms with E-state index in [9.17, 15) is 0 Å². The molecule has 42 heavy (non-hydrogen) atoms. The van der Waals surface area contributed by atoms with Gasteiger partial charge in [0.15, 0.2) is 0 Å². The van der Waals surface area contributed by atoms with Crippen molar-refractivity contribution in [3.05, 3.63) is 57.6 Å². The Labute approximate surface area is 283 Å². The smallest absolute Gasteiger partial charge is 1.00 e. The van der Waals surface area contributed by atoms with Gasteiger partial charge < -0.3 is 40.8 Å². The Balaban J connectivity index is 0. The monoisotopic (exact) mass is 664 g/mol. The molecule has 1 radical (unpaired) electrons. The van der Waals surface area contributed by atoms with Crippen molar-refractivity contribution >= 4 is 11.4 Å². The molecule has 0 saturated heterocycles. The van der Waals surface area contributed by atoms with Crippen molar-refractivity contribution in [1.29, 1.82) is 0 Å². The van der Waals surface area contributed by atoms with Crippen LogP contribution in [0.5, 0.6) is 0 Å². The molecule has 0 aliphatic carbocycles. The first-order valence-electron chi connectivity index (χ1n) is 15.7. The van der Waals surface area contributed by atoms with Crippen LogP contribution in [0.2, 0.25) is 0 Å². The van der Waals surface area contributed by atoms with Crippen LogP contribution in [0.4, 0.5) is 11.4 Å². The minimum Gasteiger partial charge on any atom is -1.00 e. The summed E-state index contributed by atoms with van der Waals surface area (Å²) in [5, 5.41) is 11.6. The molecule has 243 valence electrons. The van der Waals surface area contributed by atoms with Gasteiger partial charge in [-0.25, -0.2) is 0 Å². The summed E-state index contributed by atoms with van der Waals surface area (Å²) in [7, 11) is 0. The zero-order chi connectivity index (χ0) is 29.6. The fraction of sp³-hybridized carbons (Fsp3) is 0.667. The summed E-state index contributed by atoms with van der Waals surface area (Å²) in [4.78, 5) is 0. The van der Waals surface area contributed by atoms with Gasteiger partial charge in [0, 0.05) is 36.5 Å². The van der Waals surface area contributed by atoms with E-state index < -0.39 is 0 Å². The van der Waals surface area contributed by atoms with E-state index in [1.165, 1.54) is 44.8 Å². The molecule has 2 atom stereocenters. The maximum Gasteiger partial charge on any atom is 2.00 e. The van der Waals surface area contributed by atoms with Gasteiger partial charge in [0.2, 0.25) is 0 Å². The summed E-state index contributed by atoms with van der Waals surface area (Å²) >= 11 is 0. The van der Waals surface area contributed by atoms with Crippen molar-refractivity contribution in [2.75, 3.05) is 23.7 Å². The van der Waals surface area contributed by atoms with E-state index in [4.69, 9.17) is 0 Å². The first kappa shape index (κ1) is 43.2. The average molecular weight is 666 g/mol. The van der Waals surface area contributed by atoms with E-state index in [0.717, 1.165) is 13.1 Å². The van der Waals surface area contributed by atoms with E-state index in [1.54, 1.807) is 0 Å². The van der Waals surface area contributed by atoms with Crippen molar-refractivity contribution < 1.29 is 41.6 Å². The number of benzene rings is 2. The quantitative estimate of drug-likeness (QED) is 0.282. The summed E-state index contributed by atoms with van der Waals surface area (Å²) in [5.41, 5.74) is 11.4. The van der Waals surface area contributed by atoms with Crippen molar-refractivity contribution in [3.8, 4) is 0 Å². The second kappa shape index (κ2) is 19.5. The fourth-order valence-corrected chi connectivity index (χ4v) is 5.36. The molecule has 0 aliphatic heterocycles. The average Bonchev–Trinajstić information content (AvgIpc) is 2.82. The van der Waals surface area contributed by atoms with Gasteiger partial charge in [0.05, 0.1) is 0 Å². The zero-order valence-corrected chi connectivity index (χ0v) is 31.5. The molecule has 2 rings (SSSR count). The number of anilines is 2. The molecular formula is C36H61Cl2CoN3. The second-order valence-corrected chi connectivity index (χ2v) is 13.8. The van der Waals surface area contributed by atoms with Gasteiger partial charge in [0.25, 0.3) is 0 Å². The van der Waals surface area contributed by atoms with Crippen molar-refractivity contribution in [2.24, 2.45) is 0 Å². The number of nitrogens with one attached hydrogen (secondary N) is 3. The van der Waals surface area contributed by atoms with Gasteiger partial charge in [-0.15, -0.1) is 0 Å². The van der Waals surface area contributed by atoms with E-state index >= 15 is 0 Å². The van der Waals surface area contributed by atoms with Gasteiger partial charge in [-0.2, -0.15) is 0 Å². The molecule has 0 aromatic heterocycles. The van der Waals surface area contributed by atoms with Crippen LogP contribution in [0.15, 0.2) is 24.3 Å². The Hall–Kier alpha value is -0.914. The molecule has 0 aliphatic rings. The number of hydrogen-bond acceptors (Lipinski definition) is 3. The van der Waals surface area contributed by atoms with Crippen LogP contribution in [0, 0.1) is 0 Å². The van der Waals surface area contributed by atoms with Gasteiger partial charge >= 0.3 is 16.8 Å². The van der Waals surface area contributed by atoms with Crippen molar-refractivity contribution in [3.63, 3.8) is 0 Å². The predicted octanol–water partition coefficient (Wildman–Crippen LogP) is 4.32. The minimum atomic E-state index is 0. The largest absolute Gasteiger partial charge is 2.00 e. The fourth-order valence-electron chi connectivity index (χ4n) is 5.36. The number of rotatable bonds is 14. The first-order chi connectivity index (χ1) is 18.1. The molecule has 2 unspecified atom stereocenters. The topological polar surface area (TPSA) is 36.1 Å². The Bertz CT molecular complexity index is 922. The third kappa shape index (κ3) is 11.9. The SMILES string of the molecule is CC(CNCC(C)Nc1c(C(C)C)cc(C(C)C)cc1C(C)C)Nc1c(C(C)C)cc(C(C)C)cc1C(C)C.[Cl-].[Cl-].[Co+2]. The molecule has 3 N–H and O–H groups in total. The van der Waals surface area contributed by atoms with Crippen LogP contribution in [0.25, 0.3) is 0 Å². The second-order valence-electron chi connectivity index (χ2n) is 13.8. The molecule has 0 spiro atoms. The summed E-state index contributed by atoms with van der Waals surface area (Å²) in [6.07, 6.45) is 0. The molecule has 0 bridgehead atoms. The molecule has 0 saturated carbocycles. The van der Waals surface area contributed by atoms with Gasteiger partial charge in [0.1, 0.15) is 0 Å². The summed E-state index contributed by atoms with van der Waals surface area (Å²) in [6.45, 7) is 34.2. The molecular weight excluding hydrogens is 604 g/mol. The Morgan fingerprint density at radius 1 is 0.429 bits per heavy atom. The summed E-state index contributed by atoms with van der Waals surface area (Å²) in [6, 6.07) is 10.4. The van der Waals surface area contributed by atoms with Crippen molar-refractivity contribution in [1.82, 2.24) is 5.32 Å². The van der Waals surface area contributed by atoms with E-state index in [2.05, 4.69) is 137 Å². The van der Waals surface area contributed by atoms with E-state index in [0.29, 0.717) is 47.6 Å². The van der Waals surface area contributed by atoms with Crippen LogP contribution in [-0.2, 0) is 16.8 Å². The number of halogens is 2. The third-order valence-corrected chi connectivity index (χ3v) is 7.95. The Morgan fingerprint density at radius 2 is 0.667 bits per heavy atom. The van der Waals surface area contributed by atoms with Gasteiger partial charge in [-0.05, 0) is 82.7 Å². The summed E-state index contributed by atoms with van der Waals surface area (Å²) in [5.74, 6) is 3.02.